The number of aromatic nitrogens is 4. The van der Waals surface area contributed by atoms with Gasteiger partial charge >= 0.3 is 0 Å². The molecule has 6 rings (SSSR count). The van der Waals surface area contributed by atoms with Crippen LogP contribution in [0.2, 0.25) is 0 Å². The maximum atomic E-state index is 5.56. The fraction of sp³-hybridized carbons (Fsp3) is 0. The average molecular weight is 441 g/mol. The monoisotopic (exact) mass is 440 g/mol. The highest BCUT2D eigenvalue weighted by Gasteiger charge is 2.08. The fourth-order valence-electron chi connectivity index (χ4n) is 3.80. The van der Waals surface area contributed by atoms with E-state index in [-0.39, 0.29) is 0 Å². The predicted molar refractivity (Wildman–Crippen MR) is 135 cm³/mol. The molecule has 6 aromatic rings. The van der Waals surface area contributed by atoms with E-state index in [1.807, 2.05) is 85.1 Å². The first-order valence-electron chi connectivity index (χ1n) is 11.0. The quantitative estimate of drug-likeness (QED) is 0.274. The number of benzene rings is 3. The molecule has 0 saturated carbocycles. The Morgan fingerprint density at radius 3 is 2.03 bits per heavy atom. The summed E-state index contributed by atoms with van der Waals surface area (Å²) in [5.74, 6) is 1.48. The van der Waals surface area contributed by atoms with Gasteiger partial charge in [-0.3, -0.25) is 0 Å². The first-order chi connectivity index (χ1) is 16.8. The van der Waals surface area contributed by atoms with Gasteiger partial charge in [0.15, 0.2) is 17.2 Å². The van der Waals surface area contributed by atoms with E-state index >= 15 is 0 Å². The van der Waals surface area contributed by atoms with E-state index in [1.165, 1.54) is 0 Å². The van der Waals surface area contributed by atoms with Gasteiger partial charge in [-0.1, -0.05) is 102 Å². The SMILES string of the molecule is C(=Cc1ccc(-c2cc(-c3ccccc3)no2)cc1)c1ccc(-c2nc3ccccn3n2)cc1. The molecule has 162 valence electrons. The lowest BCUT2D eigenvalue weighted by molar-refractivity contribution is 0.435. The van der Waals surface area contributed by atoms with Crippen LogP contribution in [0.15, 0.2) is 114 Å². The molecule has 0 unspecified atom stereocenters. The van der Waals surface area contributed by atoms with Crippen molar-refractivity contribution in [1.29, 1.82) is 0 Å². The lowest BCUT2D eigenvalue weighted by Crippen LogP contribution is -1.85. The Morgan fingerprint density at radius 1 is 0.647 bits per heavy atom. The van der Waals surface area contributed by atoms with Crippen molar-refractivity contribution in [3.05, 3.63) is 120 Å². The zero-order valence-corrected chi connectivity index (χ0v) is 18.2. The Labute approximate surface area is 196 Å². The number of rotatable bonds is 5. The molecule has 0 spiro atoms. The molecule has 0 aliphatic rings. The summed E-state index contributed by atoms with van der Waals surface area (Å²) in [7, 11) is 0. The van der Waals surface area contributed by atoms with Crippen LogP contribution < -0.4 is 0 Å². The Bertz CT molecular complexity index is 1540. The second kappa shape index (κ2) is 8.64. The second-order valence-corrected chi connectivity index (χ2v) is 7.96. The maximum absolute atomic E-state index is 5.56. The second-order valence-electron chi connectivity index (χ2n) is 7.96. The summed E-state index contributed by atoms with van der Waals surface area (Å²) < 4.78 is 7.35. The molecule has 0 fully saturated rings. The molecule has 0 radical (unpaired) electrons. The Morgan fingerprint density at radius 2 is 1.32 bits per heavy atom. The summed E-state index contributed by atoms with van der Waals surface area (Å²) in [6, 6.07) is 34.3. The highest BCUT2D eigenvalue weighted by molar-refractivity contribution is 5.73. The lowest BCUT2D eigenvalue weighted by Gasteiger charge is -1.99. The van der Waals surface area contributed by atoms with Crippen molar-refractivity contribution in [3.63, 3.8) is 0 Å². The van der Waals surface area contributed by atoms with E-state index in [4.69, 9.17) is 4.52 Å². The van der Waals surface area contributed by atoms with Crippen molar-refractivity contribution in [2.45, 2.75) is 0 Å². The van der Waals surface area contributed by atoms with Crippen LogP contribution in [-0.4, -0.2) is 19.8 Å². The minimum Gasteiger partial charge on any atom is -0.356 e. The van der Waals surface area contributed by atoms with E-state index in [0.29, 0.717) is 0 Å². The average Bonchev–Trinajstić information content (AvgIpc) is 3.57. The Hall–Kier alpha value is -4.77. The highest BCUT2D eigenvalue weighted by Crippen LogP contribution is 2.26. The van der Waals surface area contributed by atoms with Gasteiger partial charge in [0.1, 0.15) is 5.69 Å². The van der Waals surface area contributed by atoms with Gasteiger partial charge < -0.3 is 4.52 Å². The predicted octanol–water partition coefficient (Wildman–Crippen LogP) is 6.89. The summed E-state index contributed by atoms with van der Waals surface area (Å²) in [5, 5.41) is 8.74. The molecule has 0 aliphatic heterocycles. The Balaban J connectivity index is 1.16. The molecular formula is C29H20N4O. The van der Waals surface area contributed by atoms with Crippen LogP contribution in [0.5, 0.6) is 0 Å². The summed E-state index contributed by atoms with van der Waals surface area (Å²) in [6.07, 6.45) is 6.09. The van der Waals surface area contributed by atoms with E-state index in [2.05, 4.69) is 51.7 Å². The third kappa shape index (κ3) is 4.02. The number of pyridine rings is 1. The van der Waals surface area contributed by atoms with Gasteiger partial charge in [-0.2, -0.15) is 0 Å². The molecule has 0 atom stereocenters. The Kier molecular flexibility index (Phi) is 5.05. The molecular weight excluding hydrogens is 420 g/mol. The van der Waals surface area contributed by atoms with Gasteiger partial charge in [0, 0.05) is 29.0 Å². The van der Waals surface area contributed by atoms with Crippen LogP contribution in [-0.2, 0) is 0 Å². The van der Waals surface area contributed by atoms with Crippen molar-refractivity contribution in [3.8, 4) is 34.0 Å². The van der Waals surface area contributed by atoms with E-state index < -0.39 is 0 Å². The van der Waals surface area contributed by atoms with Gasteiger partial charge in [0.05, 0.1) is 0 Å². The molecule has 5 heteroatoms. The third-order valence-corrected chi connectivity index (χ3v) is 5.65. The number of hydrogen-bond donors (Lipinski definition) is 0. The lowest BCUT2D eigenvalue weighted by atomic mass is 10.1. The molecule has 0 amide bonds. The van der Waals surface area contributed by atoms with Crippen LogP contribution in [0.3, 0.4) is 0 Å². The largest absolute Gasteiger partial charge is 0.356 e. The van der Waals surface area contributed by atoms with Gasteiger partial charge in [0.25, 0.3) is 0 Å². The molecule has 5 nitrogen and oxygen atoms in total. The molecule has 34 heavy (non-hydrogen) atoms. The molecule has 0 aliphatic carbocycles. The van der Waals surface area contributed by atoms with E-state index in [9.17, 15) is 0 Å². The third-order valence-electron chi connectivity index (χ3n) is 5.65. The molecule has 3 heterocycles. The number of nitrogens with zero attached hydrogens (tertiary/aromatic N) is 4. The van der Waals surface area contributed by atoms with Crippen molar-refractivity contribution in [2.75, 3.05) is 0 Å². The van der Waals surface area contributed by atoms with Crippen LogP contribution in [0.25, 0.3) is 51.8 Å². The zero-order valence-electron chi connectivity index (χ0n) is 18.2. The minimum absolute atomic E-state index is 0.722. The summed E-state index contributed by atoms with van der Waals surface area (Å²) in [5.41, 5.74) is 6.92. The maximum Gasteiger partial charge on any atom is 0.182 e. The summed E-state index contributed by atoms with van der Waals surface area (Å²) in [6.45, 7) is 0. The van der Waals surface area contributed by atoms with Crippen molar-refractivity contribution >= 4 is 17.8 Å². The normalized spacial score (nSPS) is 11.4. The highest BCUT2D eigenvalue weighted by atomic mass is 16.5. The molecule has 0 N–H and O–H groups in total. The standard InChI is InChI=1S/C29H20N4O/c1-2-6-23(7-3-1)26-20-27(34-32-26)24-15-11-21(12-16-24)9-10-22-13-17-25(18-14-22)29-30-28-8-4-5-19-33(28)31-29/h1-20H. The topological polar surface area (TPSA) is 56.2 Å². The van der Waals surface area contributed by atoms with Crippen LogP contribution >= 0.6 is 0 Å². The van der Waals surface area contributed by atoms with E-state index in [0.717, 1.165) is 50.7 Å². The smallest absolute Gasteiger partial charge is 0.182 e. The van der Waals surface area contributed by atoms with Gasteiger partial charge in [-0.05, 0) is 23.3 Å². The molecule has 3 aromatic carbocycles. The fourth-order valence-corrected chi connectivity index (χ4v) is 3.80. The summed E-state index contributed by atoms with van der Waals surface area (Å²) >= 11 is 0. The first kappa shape index (κ1) is 19.9. The molecule has 0 bridgehead atoms. The van der Waals surface area contributed by atoms with Crippen LogP contribution in [0.1, 0.15) is 11.1 Å². The van der Waals surface area contributed by atoms with Gasteiger partial charge in [-0.25, -0.2) is 9.50 Å². The van der Waals surface area contributed by atoms with Crippen molar-refractivity contribution in [2.24, 2.45) is 0 Å². The van der Waals surface area contributed by atoms with E-state index in [1.54, 1.807) is 4.52 Å². The molecule has 0 saturated heterocycles. The van der Waals surface area contributed by atoms with Crippen molar-refractivity contribution in [1.82, 2.24) is 19.8 Å². The van der Waals surface area contributed by atoms with Crippen LogP contribution in [0, 0.1) is 0 Å². The van der Waals surface area contributed by atoms with Crippen LogP contribution in [0.4, 0.5) is 0 Å². The molecule has 3 aromatic heterocycles. The summed E-state index contributed by atoms with van der Waals surface area (Å²) in [4.78, 5) is 4.58. The first-order valence-corrected chi connectivity index (χ1v) is 11.0. The number of hydrogen-bond acceptors (Lipinski definition) is 4. The van der Waals surface area contributed by atoms with Gasteiger partial charge in [-0.15, -0.1) is 5.10 Å². The number of fused-ring (bicyclic) bond motifs is 1. The van der Waals surface area contributed by atoms with Crippen molar-refractivity contribution < 1.29 is 4.52 Å². The van der Waals surface area contributed by atoms with Gasteiger partial charge in [0.2, 0.25) is 0 Å². The zero-order chi connectivity index (χ0) is 22.7. The minimum atomic E-state index is 0.722.